The van der Waals surface area contributed by atoms with Crippen molar-refractivity contribution < 1.29 is 28.2 Å². The number of anilines is 1. The van der Waals surface area contributed by atoms with E-state index in [0.29, 0.717) is 28.5 Å². The summed E-state index contributed by atoms with van der Waals surface area (Å²) in [6.45, 7) is -0.337. The van der Waals surface area contributed by atoms with Crippen molar-refractivity contribution in [2.75, 3.05) is 33.3 Å². The van der Waals surface area contributed by atoms with Crippen molar-refractivity contribution in [2.45, 2.75) is 0 Å². The topological polar surface area (TPSA) is 78.4 Å². The van der Waals surface area contributed by atoms with E-state index in [-0.39, 0.29) is 11.6 Å². The van der Waals surface area contributed by atoms with Crippen LogP contribution in [0.15, 0.2) is 35.5 Å². The highest BCUT2D eigenvalue weighted by atomic mass is 35.5. The minimum absolute atomic E-state index is 0.0888. The molecular weight excluding hydrogens is 379 g/mol. The van der Waals surface area contributed by atoms with Crippen LogP contribution < -0.4 is 19.5 Å². The molecule has 144 valence electrons. The molecule has 0 saturated carbocycles. The average molecular weight is 397 g/mol. The molecule has 9 heteroatoms. The molecule has 0 fully saturated rings. The van der Waals surface area contributed by atoms with Gasteiger partial charge in [-0.2, -0.15) is 0 Å². The van der Waals surface area contributed by atoms with Gasteiger partial charge in [-0.25, -0.2) is 4.39 Å². The van der Waals surface area contributed by atoms with E-state index >= 15 is 0 Å². The van der Waals surface area contributed by atoms with E-state index in [1.54, 1.807) is 12.1 Å². The highest BCUT2D eigenvalue weighted by Gasteiger charge is 2.12. The minimum Gasteiger partial charge on any atom is -0.493 e. The van der Waals surface area contributed by atoms with E-state index in [4.69, 9.17) is 30.6 Å². The predicted molar refractivity (Wildman–Crippen MR) is 99.7 cm³/mol. The Morgan fingerprint density at radius 2 is 1.81 bits per heavy atom. The average Bonchev–Trinajstić information content (AvgIpc) is 2.67. The summed E-state index contributed by atoms with van der Waals surface area (Å²) >= 11 is 5.65. The lowest BCUT2D eigenvalue weighted by molar-refractivity contribution is -0.120. The second-order valence-electron chi connectivity index (χ2n) is 5.14. The van der Waals surface area contributed by atoms with E-state index in [9.17, 15) is 9.18 Å². The maximum Gasteiger partial charge on any atom is 0.265 e. The van der Waals surface area contributed by atoms with Crippen molar-refractivity contribution in [3.05, 3.63) is 46.7 Å². The van der Waals surface area contributed by atoms with Crippen LogP contribution in [0.1, 0.15) is 5.56 Å². The van der Waals surface area contributed by atoms with Crippen molar-refractivity contribution in [2.24, 2.45) is 5.16 Å². The number of carbonyl (C=O) groups excluding carboxylic acids is 1. The third kappa shape index (κ3) is 5.49. The van der Waals surface area contributed by atoms with Crippen molar-refractivity contribution in [1.29, 1.82) is 0 Å². The lowest BCUT2D eigenvalue weighted by atomic mass is 10.2. The predicted octanol–water partition coefficient (Wildman–Crippen LogP) is 3.49. The van der Waals surface area contributed by atoms with E-state index in [1.807, 2.05) is 0 Å². The van der Waals surface area contributed by atoms with Gasteiger partial charge in [0.15, 0.2) is 18.1 Å². The van der Waals surface area contributed by atoms with Crippen LogP contribution >= 0.6 is 11.6 Å². The van der Waals surface area contributed by atoms with Gasteiger partial charge in [-0.3, -0.25) is 4.79 Å². The molecule has 0 saturated heterocycles. The third-order valence-corrected chi connectivity index (χ3v) is 3.65. The number of nitrogens with one attached hydrogen (secondary N) is 1. The maximum atomic E-state index is 13.1. The maximum absolute atomic E-state index is 13.1. The van der Waals surface area contributed by atoms with Gasteiger partial charge in [0.2, 0.25) is 5.75 Å². The fraction of sp³-hybridized carbons (Fsp3) is 0.222. The van der Waals surface area contributed by atoms with Crippen LogP contribution in [0.5, 0.6) is 17.2 Å². The SMILES string of the molecule is COc1cc(/C=N\OCC(=O)Nc2ccc(F)c(Cl)c2)cc(OC)c1OC. The van der Waals surface area contributed by atoms with E-state index in [2.05, 4.69) is 10.5 Å². The highest BCUT2D eigenvalue weighted by molar-refractivity contribution is 6.31. The molecule has 27 heavy (non-hydrogen) atoms. The van der Waals surface area contributed by atoms with Gasteiger partial charge >= 0.3 is 0 Å². The lowest BCUT2D eigenvalue weighted by Crippen LogP contribution is -2.17. The van der Waals surface area contributed by atoms with Crippen molar-refractivity contribution >= 4 is 29.4 Å². The van der Waals surface area contributed by atoms with Crippen LogP contribution in [0, 0.1) is 5.82 Å². The molecule has 0 aromatic heterocycles. The van der Waals surface area contributed by atoms with Crippen LogP contribution in [0.25, 0.3) is 0 Å². The van der Waals surface area contributed by atoms with Gasteiger partial charge in [-0.05, 0) is 30.3 Å². The molecule has 0 heterocycles. The second-order valence-corrected chi connectivity index (χ2v) is 5.55. The molecule has 0 spiro atoms. The lowest BCUT2D eigenvalue weighted by Gasteiger charge is -2.12. The van der Waals surface area contributed by atoms with Crippen LogP contribution in [0.4, 0.5) is 10.1 Å². The summed E-state index contributed by atoms with van der Waals surface area (Å²) in [5, 5.41) is 6.16. The summed E-state index contributed by atoms with van der Waals surface area (Å²) in [5.74, 6) is 0.337. The molecule has 2 rings (SSSR count). The molecule has 7 nitrogen and oxygen atoms in total. The molecule has 0 bridgehead atoms. The molecule has 1 N–H and O–H groups in total. The van der Waals surface area contributed by atoms with E-state index in [0.717, 1.165) is 6.07 Å². The number of hydrogen-bond donors (Lipinski definition) is 1. The Kier molecular flexibility index (Phi) is 7.25. The molecule has 0 radical (unpaired) electrons. The van der Waals surface area contributed by atoms with Gasteiger partial charge in [0.25, 0.3) is 5.91 Å². The summed E-state index contributed by atoms with van der Waals surface area (Å²) in [7, 11) is 4.51. The summed E-state index contributed by atoms with van der Waals surface area (Å²) in [4.78, 5) is 16.8. The van der Waals surface area contributed by atoms with Gasteiger partial charge < -0.3 is 24.4 Å². The minimum atomic E-state index is -0.569. The zero-order valence-electron chi connectivity index (χ0n) is 14.9. The molecular formula is C18H18ClFN2O5. The fourth-order valence-corrected chi connectivity index (χ4v) is 2.32. The van der Waals surface area contributed by atoms with Gasteiger partial charge in [0.1, 0.15) is 5.82 Å². The summed E-state index contributed by atoms with van der Waals surface area (Å²) in [5.41, 5.74) is 0.971. The molecule has 1 amide bonds. The second kappa shape index (κ2) is 9.63. The van der Waals surface area contributed by atoms with Crippen molar-refractivity contribution in [3.63, 3.8) is 0 Å². The van der Waals surface area contributed by atoms with E-state index < -0.39 is 11.7 Å². The molecule has 0 atom stereocenters. The zero-order valence-corrected chi connectivity index (χ0v) is 15.7. The smallest absolute Gasteiger partial charge is 0.265 e. The number of carbonyl (C=O) groups is 1. The summed E-state index contributed by atoms with van der Waals surface area (Å²) in [6, 6.07) is 7.19. The van der Waals surface area contributed by atoms with Crippen molar-refractivity contribution in [1.82, 2.24) is 0 Å². The number of amides is 1. The zero-order chi connectivity index (χ0) is 19.8. The van der Waals surface area contributed by atoms with Crippen LogP contribution in [-0.4, -0.2) is 40.1 Å². The van der Waals surface area contributed by atoms with Crippen LogP contribution in [0.2, 0.25) is 5.02 Å². The van der Waals surface area contributed by atoms with Gasteiger partial charge in [-0.1, -0.05) is 16.8 Å². The van der Waals surface area contributed by atoms with Crippen molar-refractivity contribution in [3.8, 4) is 17.2 Å². The number of oxime groups is 1. The molecule has 0 aliphatic heterocycles. The molecule has 2 aromatic rings. The molecule has 0 aliphatic carbocycles. The number of nitrogens with zero attached hydrogens (tertiary/aromatic N) is 1. The number of rotatable bonds is 8. The fourth-order valence-electron chi connectivity index (χ4n) is 2.14. The van der Waals surface area contributed by atoms with Crippen LogP contribution in [0.3, 0.4) is 0 Å². The highest BCUT2D eigenvalue weighted by Crippen LogP contribution is 2.37. The van der Waals surface area contributed by atoms with Crippen LogP contribution in [-0.2, 0) is 9.63 Å². The number of benzene rings is 2. The Morgan fingerprint density at radius 1 is 1.15 bits per heavy atom. The van der Waals surface area contributed by atoms with Gasteiger partial charge in [-0.15, -0.1) is 0 Å². The normalized spacial score (nSPS) is 10.6. The number of ether oxygens (including phenoxy) is 3. The molecule has 2 aromatic carbocycles. The summed E-state index contributed by atoms with van der Waals surface area (Å²) in [6.07, 6.45) is 1.40. The first-order valence-electron chi connectivity index (χ1n) is 7.68. The van der Waals surface area contributed by atoms with Gasteiger partial charge in [0.05, 0.1) is 32.6 Å². The van der Waals surface area contributed by atoms with E-state index in [1.165, 1.54) is 39.7 Å². The Bertz CT molecular complexity index is 819. The van der Waals surface area contributed by atoms with Gasteiger partial charge in [0, 0.05) is 11.3 Å². The first kappa shape index (κ1) is 20.3. The third-order valence-electron chi connectivity index (χ3n) is 3.36. The molecule has 0 aliphatic rings. The first-order chi connectivity index (χ1) is 13.0. The Labute approximate surface area is 160 Å². The monoisotopic (exact) mass is 396 g/mol. The standard InChI is InChI=1S/C18H18ClFN2O5/c1-24-15-6-11(7-16(25-2)18(15)26-3)9-21-27-10-17(23)22-12-4-5-14(20)13(19)8-12/h4-9H,10H2,1-3H3,(H,22,23)/b21-9-. The number of methoxy groups -OCH3 is 3. The first-order valence-corrected chi connectivity index (χ1v) is 8.06. The quantitative estimate of drug-likeness (QED) is 0.546. The Balaban J connectivity index is 1.95. The largest absolute Gasteiger partial charge is 0.493 e. The summed E-state index contributed by atoms with van der Waals surface area (Å²) < 4.78 is 28.8. The Hall–Kier alpha value is -3.00. The number of halogens is 2. The molecule has 0 unspecified atom stereocenters. The number of hydrogen-bond acceptors (Lipinski definition) is 6. The Morgan fingerprint density at radius 3 is 2.37 bits per heavy atom.